The van der Waals surface area contributed by atoms with Crippen molar-refractivity contribution < 1.29 is 33.2 Å². The van der Waals surface area contributed by atoms with E-state index in [1.165, 1.54) is 23.9 Å². The molecule has 0 fully saturated rings. The largest absolute Gasteiger partial charge is 0.507 e. The number of nitriles is 2. The van der Waals surface area contributed by atoms with E-state index in [1.54, 1.807) is 76.6 Å². The van der Waals surface area contributed by atoms with Gasteiger partial charge in [-0.2, -0.15) is 10.5 Å². The van der Waals surface area contributed by atoms with Crippen molar-refractivity contribution in [3.8, 4) is 52.4 Å². The standard InChI is InChI=1S/C22H16BrCl2NO3S.C16H15NO3S.C6H2BrCl2F/c1-27-16-5-3-13(4-6-16)12-30-21-10-19(14(11-26)7-20(21)28-2)29-22-17(24)8-15(23)9-18(22)25;1-19-13-5-3-11(4-6-13)10-21-16-8-14(18)12(9-17)7-15(16)20-2;7-3-1-4(8)6(10)5(9)2-3/h3-10H,12H2,1-2H3;3-8,18H,10H2,1-2H3;1-2H. The van der Waals surface area contributed by atoms with Crippen LogP contribution in [0.1, 0.15) is 22.3 Å². The highest BCUT2D eigenvalue weighted by Crippen LogP contribution is 2.43. The third-order valence-electron chi connectivity index (χ3n) is 8.02. The Morgan fingerprint density at radius 3 is 1.39 bits per heavy atom. The Morgan fingerprint density at radius 1 is 0.574 bits per heavy atom. The van der Waals surface area contributed by atoms with Crippen molar-refractivity contribution in [2.75, 3.05) is 28.4 Å². The van der Waals surface area contributed by atoms with Crippen LogP contribution in [0.4, 0.5) is 4.39 Å². The summed E-state index contributed by atoms with van der Waals surface area (Å²) in [7, 11) is 6.38. The molecule has 8 nitrogen and oxygen atoms in total. The molecule has 0 aliphatic carbocycles. The predicted molar refractivity (Wildman–Crippen MR) is 251 cm³/mol. The van der Waals surface area contributed by atoms with Gasteiger partial charge < -0.3 is 28.8 Å². The first-order valence-corrected chi connectivity index (χ1v) is 22.4. The number of phenols is 1. The van der Waals surface area contributed by atoms with Gasteiger partial charge in [-0.3, -0.25) is 0 Å². The maximum atomic E-state index is 12.6. The third kappa shape index (κ3) is 14.5. The molecule has 17 heteroatoms. The molecule has 6 aromatic carbocycles. The van der Waals surface area contributed by atoms with Gasteiger partial charge in [0.1, 0.15) is 46.6 Å². The first-order chi connectivity index (χ1) is 29.2. The fraction of sp³-hybridized carbons (Fsp3) is 0.136. The molecule has 0 heterocycles. The van der Waals surface area contributed by atoms with E-state index < -0.39 is 5.82 Å². The molecule has 0 aliphatic heterocycles. The fourth-order valence-corrected chi connectivity index (χ4v) is 9.40. The summed E-state index contributed by atoms with van der Waals surface area (Å²) in [4.78, 5) is 1.62. The van der Waals surface area contributed by atoms with Gasteiger partial charge in [0.05, 0.1) is 69.4 Å². The fourth-order valence-electron chi connectivity index (χ4n) is 4.92. The molecule has 0 saturated carbocycles. The SMILES string of the molecule is COc1ccc(CSc2cc(O)c(C#N)cc2OC)cc1.COc1ccc(CSc2cc(Oc3c(Cl)cc(Br)cc3Cl)c(C#N)cc2OC)cc1.Fc1c(Cl)cc(Br)cc1Cl. The number of thioether (sulfide) groups is 2. The summed E-state index contributed by atoms with van der Waals surface area (Å²) in [5.74, 6) is 4.25. The van der Waals surface area contributed by atoms with Gasteiger partial charge in [-0.05, 0) is 71.8 Å². The zero-order valence-corrected chi connectivity index (χ0v) is 40.3. The summed E-state index contributed by atoms with van der Waals surface area (Å²) >= 11 is 33.0. The molecule has 0 saturated heterocycles. The van der Waals surface area contributed by atoms with Crippen LogP contribution >= 0.6 is 102 Å². The average Bonchev–Trinajstić information content (AvgIpc) is 3.26. The molecule has 0 bridgehead atoms. The summed E-state index contributed by atoms with van der Waals surface area (Å²) < 4.78 is 41.0. The van der Waals surface area contributed by atoms with Crippen LogP contribution in [0.2, 0.25) is 20.1 Å². The molecule has 0 unspecified atom stereocenters. The van der Waals surface area contributed by atoms with Crippen molar-refractivity contribution in [3.05, 3.63) is 154 Å². The number of hydrogen-bond acceptors (Lipinski definition) is 10. The van der Waals surface area contributed by atoms with Crippen LogP contribution in [0.15, 0.2) is 116 Å². The first kappa shape index (κ1) is 49.5. The van der Waals surface area contributed by atoms with Crippen LogP contribution < -0.4 is 23.7 Å². The number of halogens is 7. The van der Waals surface area contributed by atoms with Gasteiger partial charge in [-0.1, -0.05) is 103 Å². The molecule has 6 aromatic rings. The normalized spacial score (nSPS) is 10.2. The monoisotopic (exact) mass is 1070 g/mol. The molecule has 0 atom stereocenters. The maximum Gasteiger partial charge on any atom is 0.164 e. The van der Waals surface area contributed by atoms with Crippen molar-refractivity contribution in [3.63, 3.8) is 0 Å². The molecule has 316 valence electrons. The van der Waals surface area contributed by atoms with Gasteiger partial charge in [0.2, 0.25) is 0 Å². The van der Waals surface area contributed by atoms with E-state index in [0.717, 1.165) is 42.6 Å². The van der Waals surface area contributed by atoms with E-state index in [9.17, 15) is 14.8 Å². The van der Waals surface area contributed by atoms with E-state index in [0.29, 0.717) is 43.1 Å². The molecule has 0 aromatic heterocycles. The highest BCUT2D eigenvalue weighted by atomic mass is 79.9. The number of hydrogen-bond donors (Lipinski definition) is 1. The number of benzene rings is 6. The number of aromatic hydroxyl groups is 1. The van der Waals surface area contributed by atoms with E-state index in [2.05, 4.69) is 37.9 Å². The molecule has 61 heavy (non-hydrogen) atoms. The predicted octanol–water partition coefficient (Wildman–Crippen LogP) is 15.2. The molecule has 0 radical (unpaired) electrons. The van der Waals surface area contributed by atoms with Gasteiger partial charge in [0.15, 0.2) is 11.6 Å². The van der Waals surface area contributed by atoms with Gasteiger partial charge in [0, 0.05) is 32.6 Å². The first-order valence-electron chi connectivity index (χ1n) is 17.3. The lowest BCUT2D eigenvalue weighted by Crippen LogP contribution is -1.95. The summed E-state index contributed by atoms with van der Waals surface area (Å²) in [5, 5.41) is 29.0. The molecular weight excluding hydrogens is 1040 g/mol. The summed E-state index contributed by atoms with van der Waals surface area (Å²) in [5.41, 5.74) is 2.77. The van der Waals surface area contributed by atoms with E-state index >= 15 is 0 Å². The van der Waals surface area contributed by atoms with E-state index in [-0.39, 0.29) is 27.1 Å². The highest BCUT2D eigenvalue weighted by molar-refractivity contribution is 9.10. The third-order valence-corrected chi connectivity index (χ3v) is 12.3. The van der Waals surface area contributed by atoms with Gasteiger partial charge in [-0.25, -0.2) is 4.39 Å². The number of methoxy groups -OCH3 is 4. The summed E-state index contributed by atoms with van der Waals surface area (Å²) in [6.07, 6.45) is 0. The van der Waals surface area contributed by atoms with Crippen LogP contribution in [-0.4, -0.2) is 33.5 Å². The van der Waals surface area contributed by atoms with Crippen molar-refractivity contribution >= 4 is 102 Å². The molecule has 1 N–H and O–H groups in total. The van der Waals surface area contributed by atoms with Crippen molar-refractivity contribution in [1.29, 1.82) is 10.5 Å². The lowest BCUT2D eigenvalue weighted by atomic mass is 10.2. The average molecular weight is 1070 g/mol. The second kappa shape index (κ2) is 24.5. The number of ether oxygens (including phenoxy) is 5. The van der Waals surface area contributed by atoms with Crippen LogP contribution in [0.25, 0.3) is 0 Å². The second-order valence-electron chi connectivity index (χ2n) is 12.0. The van der Waals surface area contributed by atoms with Gasteiger partial charge >= 0.3 is 0 Å². The minimum absolute atomic E-state index is 0.0272. The Morgan fingerprint density at radius 2 is 0.984 bits per heavy atom. The van der Waals surface area contributed by atoms with Crippen molar-refractivity contribution in [2.24, 2.45) is 0 Å². The topological polar surface area (TPSA) is 114 Å². The molecular formula is C44H33Br2Cl4FN2O6S2. The van der Waals surface area contributed by atoms with Crippen LogP contribution in [0, 0.1) is 28.5 Å². The Hall–Kier alpha value is -4.15. The zero-order chi connectivity index (χ0) is 44.6. The van der Waals surface area contributed by atoms with Crippen LogP contribution in [0.3, 0.4) is 0 Å². The molecule has 0 spiro atoms. The lowest BCUT2D eigenvalue weighted by molar-refractivity contribution is 0.401. The minimum Gasteiger partial charge on any atom is -0.507 e. The van der Waals surface area contributed by atoms with Crippen molar-refractivity contribution in [2.45, 2.75) is 21.3 Å². The van der Waals surface area contributed by atoms with E-state index in [1.807, 2.05) is 54.6 Å². The summed E-state index contributed by atoms with van der Waals surface area (Å²) in [6, 6.07) is 32.4. The molecule has 6 rings (SSSR count). The van der Waals surface area contributed by atoms with Gasteiger partial charge in [0.25, 0.3) is 0 Å². The minimum atomic E-state index is -0.577. The lowest BCUT2D eigenvalue weighted by Gasteiger charge is -2.15. The van der Waals surface area contributed by atoms with Crippen molar-refractivity contribution in [1.82, 2.24) is 0 Å². The number of rotatable bonds is 12. The van der Waals surface area contributed by atoms with Crippen LogP contribution in [-0.2, 0) is 11.5 Å². The number of phenolic OH excluding ortho intramolecular Hbond substituents is 1. The van der Waals surface area contributed by atoms with E-state index in [4.69, 9.17) is 75.3 Å². The Labute approximate surface area is 398 Å². The maximum absolute atomic E-state index is 12.6. The van der Waals surface area contributed by atoms with Gasteiger partial charge in [-0.15, -0.1) is 23.5 Å². The smallest absolute Gasteiger partial charge is 0.164 e. The second-order valence-corrected chi connectivity index (χ2v) is 17.5. The Balaban J connectivity index is 0.000000228. The Bertz CT molecular complexity index is 2500. The summed E-state index contributed by atoms with van der Waals surface area (Å²) in [6.45, 7) is 0. The van der Waals surface area contributed by atoms with Crippen LogP contribution in [0.5, 0.6) is 40.2 Å². The number of nitrogens with zero attached hydrogens (tertiary/aromatic N) is 2. The molecule has 0 amide bonds. The molecule has 0 aliphatic rings. The highest BCUT2D eigenvalue weighted by Gasteiger charge is 2.17. The zero-order valence-electron chi connectivity index (χ0n) is 32.5. The Kier molecular flexibility index (Phi) is 19.9. The quantitative estimate of drug-likeness (QED) is 0.0722.